The molecular weight excluding hydrogens is 208 g/mol. The van der Waals surface area contributed by atoms with Crippen molar-refractivity contribution in [1.82, 2.24) is 0 Å². The molecule has 88 valence electrons. The van der Waals surface area contributed by atoms with Crippen LogP contribution in [0.15, 0.2) is 30.3 Å². The summed E-state index contributed by atoms with van der Waals surface area (Å²) in [6.07, 6.45) is 7.45. The molecule has 0 heterocycles. The summed E-state index contributed by atoms with van der Waals surface area (Å²) in [6, 6.07) is 12.5. The largest absolute Gasteiger partial charge is 0.0689 e. The monoisotopic (exact) mass is 232 g/mol. The van der Waals surface area contributed by atoms with Gasteiger partial charge in [0.25, 0.3) is 0 Å². The lowest BCUT2D eigenvalue weighted by Gasteiger charge is -2.35. The number of hydrogen-bond donors (Lipinski definition) is 0. The molecule has 0 radical (unpaired) electrons. The smallest absolute Gasteiger partial charge is 0.0548 e. The third-order valence-electron chi connectivity index (χ3n) is 4.21. The van der Waals surface area contributed by atoms with Crippen LogP contribution in [0.4, 0.5) is 0 Å². The van der Waals surface area contributed by atoms with Crippen molar-refractivity contribution < 1.29 is 0 Å². The van der Waals surface area contributed by atoms with E-state index in [1.165, 1.54) is 38.1 Å². The molecule has 1 aromatic rings. The lowest BCUT2D eigenvalue weighted by Crippen LogP contribution is -2.36. The maximum atomic E-state index is 2.59. The summed E-state index contributed by atoms with van der Waals surface area (Å²) in [5.41, 5.74) is 2.63. The van der Waals surface area contributed by atoms with Crippen molar-refractivity contribution in [1.29, 1.82) is 0 Å². The van der Waals surface area contributed by atoms with Crippen LogP contribution in [-0.2, 0) is 6.04 Å². The lowest BCUT2D eigenvalue weighted by molar-refractivity contribution is 0.491. The molecule has 0 N–H and O–H groups in total. The van der Waals surface area contributed by atoms with Crippen molar-refractivity contribution in [3.05, 3.63) is 35.9 Å². The molecule has 1 aromatic carbocycles. The van der Waals surface area contributed by atoms with E-state index in [-0.39, 0.29) is 0 Å². The molecule has 0 aliphatic heterocycles. The van der Waals surface area contributed by atoms with Gasteiger partial charge in [-0.05, 0) is 11.6 Å². The van der Waals surface area contributed by atoms with E-state index >= 15 is 0 Å². The van der Waals surface area contributed by atoms with Gasteiger partial charge in [-0.25, -0.2) is 0 Å². The number of benzene rings is 1. The maximum Gasteiger partial charge on any atom is 0.0548 e. The van der Waals surface area contributed by atoms with Crippen LogP contribution in [0.3, 0.4) is 0 Å². The second-order valence-electron chi connectivity index (χ2n) is 5.99. The molecule has 0 nitrogen and oxygen atoms in total. The quantitative estimate of drug-likeness (QED) is 0.656. The van der Waals surface area contributed by atoms with Crippen molar-refractivity contribution in [3.8, 4) is 0 Å². The Balaban J connectivity index is 2.01. The number of hydrogen-bond acceptors (Lipinski definition) is 0. The van der Waals surface area contributed by atoms with Gasteiger partial charge in [-0.2, -0.15) is 0 Å². The zero-order chi connectivity index (χ0) is 11.4. The topological polar surface area (TPSA) is 0 Å². The molecule has 0 bridgehead atoms. The van der Waals surface area contributed by atoms with Crippen molar-refractivity contribution in [2.75, 3.05) is 0 Å². The highest BCUT2D eigenvalue weighted by Gasteiger charge is 2.32. The van der Waals surface area contributed by atoms with Gasteiger partial charge < -0.3 is 0 Å². The average molecular weight is 232 g/mol. The molecule has 1 fully saturated rings. The Morgan fingerprint density at radius 2 is 1.62 bits per heavy atom. The summed E-state index contributed by atoms with van der Waals surface area (Å²) in [5.74, 6) is 0. The van der Waals surface area contributed by atoms with Gasteiger partial charge in [0.15, 0.2) is 0 Å². The van der Waals surface area contributed by atoms with Crippen LogP contribution in [0.2, 0.25) is 18.6 Å². The minimum atomic E-state index is -1.04. The molecule has 0 aromatic heterocycles. The van der Waals surface area contributed by atoms with E-state index < -0.39 is 8.07 Å². The van der Waals surface area contributed by atoms with Crippen molar-refractivity contribution in [2.24, 2.45) is 0 Å². The molecule has 2 rings (SSSR count). The highest BCUT2D eigenvalue weighted by Crippen LogP contribution is 2.38. The van der Waals surface area contributed by atoms with Crippen molar-refractivity contribution in [3.63, 3.8) is 0 Å². The minimum absolute atomic E-state index is 1.04. The summed E-state index contributed by atoms with van der Waals surface area (Å²) in [4.78, 5) is 0. The van der Waals surface area contributed by atoms with Crippen LogP contribution >= 0.6 is 0 Å². The zero-order valence-corrected chi connectivity index (χ0v) is 11.7. The summed E-state index contributed by atoms with van der Waals surface area (Å²) >= 11 is 0. The van der Waals surface area contributed by atoms with Crippen LogP contribution in [0.25, 0.3) is 0 Å². The fraction of sp³-hybridized carbons (Fsp3) is 0.600. The van der Waals surface area contributed by atoms with Crippen LogP contribution in [-0.4, -0.2) is 8.07 Å². The third kappa shape index (κ3) is 2.97. The van der Waals surface area contributed by atoms with Gasteiger partial charge in [0.1, 0.15) is 0 Å². The fourth-order valence-electron chi connectivity index (χ4n) is 3.15. The fourth-order valence-corrected chi connectivity index (χ4v) is 6.70. The first-order valence-electron chi connectivity index (χ1n) is 6.72. The molecule has 16 heavy (non-hydrogen) atoms. The summed E-state index contributed by atoms with van der Waals surface area (Å²) in [5, 5.41) is 0. The standard InChI is InChI=1S/C15H24Si/c1-16(2,15-11-7-4-8-12-15)13-14-9-5-3-6-10-14/h3,5-6,9-10,15H,4,7-8,11-13H2,1-2H3. The Hall–Kier alpha value is -0.563. The minimum Gasteiger partial charge on any atom is -0.0689 e. The van der Waals surface area contributed by atoms with E-state index in [2.05, 4.69) is 43.4 Å². The second kappa shape index (κ2) is 5.18. The molecule has 0 atom stereocenters. The first kappa shape index (κ1) is 11.9. The number of rotatable bonds is 3. The van der Waals surface area contributed by atoms with Gasteiger partial charge in [-0.15, -0.1) is 0 Å². The predicted octanol–water partition coefficient (Wildman–Crippen LogP) is 4.81. The lowest BCUT2D eigenvalue weighted by atomic mass is 10.0. The van der Waals surface area contributed by atoms with E-state index in [9.17, 15) is 0 Å². The Morgan fingerprint density at radius 3 is 2.25 bits per heavy atom. The molecule has 0 amide bonds. The molecule has 1 aliphatic rings. The normalized spacial score (nSPS) is 18.6. The van der Waals surface area contributed by atoms with Gasteiger partial charge >= 0.3 is 0 Å². The molecule has 1 aliphatic carbocycles. The van der Waals surface area contributed by atoms with Gasteiger partial charge in [-0.3, -0.25) is 0 Å². The SMILES string of the molecule is C[Si](C)(Cc1ccccc1)C1CCCCC1. The van der Waals surface area contributed by atoms with Gasteiger partial charge in [-0.1, -0.05) is 81.1 Å². The predicted molar refractivity (Wildman–Crippen MR) is 74.5 cm³/mol. The maximum absolute atomic E-state index is 2.59. The first-order chi connectivity index (χ1) is 7.68. The first-order valence-corrected chi connectivity index (χ1v) is 10.0. The van der Waals surface area contributed by atoms with Crippen molar-refractivity contribution >= 4 is 8.07 Å². The highest BCUT2D eigenvalue weighted by atomic mass is 28.3. The molecule has 1 saturated carbocycles. The zero-order valence-electron chi connectivity index (χ0n) is 10.7. The molecule has 0 spiro atoms. The summed E-state index contributed by atoms with van der Waals surface area (Å²) in [6.45, 7) is 5.19. The molecular formula is C15H24Si. The Bertz CT molecular complexity index is 309. The van der Waals surface area contributed by atoms with E-state index in [1.807, 2.05) is 0 Å². The van der Waals surface area contributed by atoms with E-state index in [4.69, 9.17) is 0 Å². The van der Waals surface area contributed by atoms with Crippen LogP contribution in [0, 0.1) is 0 Å². The molecule has 0 saturated heterocycles. The van der Waals surface area contributed by atoms with E-state index in [0.717, 1.165) is 5.54 Å². The average Bonchev–Trinajstić information content (AvgIpc) is 2.31. The summed E-state index contributed by atoms with van der Waals surface area (Å²) < 4.78 is 0. The third-order valence-corrected chi connectivity index (χ3v) is 8.32. The van der Waals surface area contributed by atoms with Crippen LogP contribution in [0.1, 0.15) is 37.7 Å². The van der Waals surface area contributed by atoms with Crippen LogP contribution < -0.4 is 0 Å². The highest BCUT2D eigenvalue weighted by molar-refractivity contribution is 6.78. The Kier molecular flexibility index (Phi) is 3.85. The molecule has 0 unspecified atom stereocenters. The Morgan fingerprint density at radius 1 is 1.00 bits per heavy atom. The van der Waals surface area contributed by atoms with Gasteiger partial charge in [0.05, 0.1) is 8.07 Å². The Labute approximate surface area is 101 Å². The van der Waals surface area contributed by atoms with Crippen LogP contribution in [0.5, 0.6) is 0 Å². The van der Waals surface area contributed by atoms with Gasteiger partial charge in [0, 0.05) is 0 Å². The summed E-state index contributed by atoms with van der Waals surface area (Å²) in [7, 11) is -1.04. The van der Waals surface area contributed by atoms with Crippen molar-refractivity contribution in [2.45, 2.75) is 56.8 Å². The van der Waals surface area contributed by atoms with E-state index in [1.54, 1.807) is 5.56 Å². The van der Waals surface area contributed by atoms with E-state index in [0.29, 0.717) is 0 Å². The van der Waals surface area contributed by atoms with Gasteiger partial charge in [0.2, 0.25) is 0 Å². The molecule has 1 heteroatoms. The second-order valence-corrected chi connectivity index (χ2v) is 11.1.